The van der Waals surface area contributed by atoms with Crippen molar-refractivity contribution in [3.63, 3.8) is 0 Å². The number of phenols is 1. The van der Waals surface area contributed by atoms with Gasteiger partial charge in [0.1, 0.15) is 5.75 Å². The molecule has 0 atom stereocenters. The van der Waals surface area contributed by atoms with Crippen molar-refractivity contribution >= 4 is 24.1 Å². The van der Waals surface area contributed by atoms with Gasteiger partial charge < -0.3 is 14.6 Å². The number of rotatable bonds is 4. The number of carbonyl (C=O) groups excluding carboxylic acids is 2. The van der Waals surface area contributed by atoms with Crippen LogP contribution >= 0.6 is 0 Å². The minimum atomic E-state index is -0.395. The van der Waals surface area contributed by atoms with Crippen LogP contribution in [0.2, 0.25) is 0 Å². The van der Waals surface area contributed by atoms with Crippen molar-refractivity contribution < 1.29 is 24.2 Å². The smallest absolute Gasteiger partial charge is 0.330 e. The Labute approximate surface area is 146 Å². The molecule has 0 bridgehead atoms. The summed E-state index contributed by atoms with van der Waals surface area (Å²) in [5, 5.41) is 8.96. The van der Waals surface area contributed by atoms with E-state index in [4.69, 9.17) is 5.11 Å². The molecule has 0 amide bonds. The van der Waals surface area contributed by atoms with Crippen molar-refractivity contribution in [2.75, 3.05) is 14.2 Å². The molecule has 0 aliphatic carbocycles. The second-order valence-corrected chi connectivity index (χ2v) is 4.72. The summed E-state index contributed by atoms with van der Waals surface area (Å²) in [6.07, 6.45) is 6.05. The van der Waals surface area contributed by atoms with Crippen LogP contribution in [0.4, 0.5) is 0 Å². The van der Waals surface area contributed by atoms with Crippen molar-refractivity contribution in [1.82, 2.24) is 0 Å². The van der Waals surface area contributed by atoms with E-state index < -0.39 is 5.97 Å². The lowest BCUT2D eigenvalue weighted by atomic mass is 10.2. The van der Waals surface area contributed by atoms with E-state index in [-0.39, 0.29) is 11.7 Å². The zero-order valence-electron chi connectivity index (χ0n) is 14.1. The maximum Gasteiger partial charge on any atom is 0.330 e. The number of hydrogen-bond donors (Lipinski definition) is 1. The lowest BCUT2D eigenvalue weighted by Crippen LogP contribution is -1.92. The number of benzene rings is 2. The van der Waals surface area contributed by atoms with Gasteiger partial charge >= 0.3 is 11.9 Å². The van der Waals surface area contributed by atoms with Gasteiger partial charge in [0.15, 0.2) is 0 Å². The molecule has 0 aliphatic heterocycles. The Morgan fingerprint density at radius 3 is 1.64 bits per heavy atom. The van der Waals surface area contributed by atoms with Crippen molar-refractivity contribution in [2.24, 2.45) is 0 Å². The molecule has 0 radical (unpaired) electrons. The quantitative estimate of drug-likeness (QED) is 0.682. The third kappa shape index (κ3) is 8.76. The molecule has 5 nitrogen and oxygen atoms in total. The molecule has 0 saturated carbocycles. The monoisotopic (exact) mass is 340 g/mol. The van der Waals surface area contributed by atoms with Gasteiger partial charge in [-0.05, 0) is 35.4 Å². The SMILES string of the molecule is COC(=O)/C=C/c1ccc(O)cc1.COC(=O)/C=C/c1ccccc1. The zero-order valence-corrected chi connectivity index (χ0v) is 14.1. The zero-order chi connectivity index (χ0) is 18.5. The number of esters is 2. The van der Waals surface area contributed by atoms with Crippen LogP contribution in [0.3, 0.4) is 0 Å². The molecule has 1 N–H and O–H groups in total. The third-order valence-electron chi connectivity index (χ3n) is 2.92. The molecule has 2 aromatic rings. The van der Waals surface area contributed by atoms with Gasteiger partial charge in [0.25, 0.3) is 0 Å². The van der Waals surface area contributed by atoms with Gasteiger partial charge in [0.2, 0.25) is 0 Å². The summed E-state index contributed by atoms with van der Waals surface area (Å²) in [6, 6.07) is 16.1. The molecule has 0 aromatic heterocycles. The number of aromatic hydroxyl groups is 1. The first-order chi connectivity index (χ1) is 12.0. The third-order valence-corrected chi connectivity index (χ3v) is 2.92. The minimum absolute atomic E-state index is 0.204. The molecule has 0 unspecified atom stereocenters. The fourth-order valence-corrected chi connectivity index (χ4v) is 1.61. The topological polar surface area (TPSA) is 72.8 Å². The van der Waals surface area contributed by atoms with Gasteiger partial charge in [0, 0.05) is 12.2 Å². The standard InChI is InChI=1S/C10H10O3.C10H10O2/c1-13-10(12)7-4-8-2-5-9(11)6-3-8;1-12-10(11)8-7-9-5-3-2-4-6-9/h2-7,11H,1H3;2-8H,1H3/b7-4+;8-7+. The molecule has 0 spiro atoms. The normalized spacial score (nSPS) is 10.2. The Morgan fingerprint density at radius 2 is 1.20 bits per heavy atom. The number of ether oxygens (including phenoxy) is 2. The first-order valence-electron chi connectivity index (χ1n) is 7.41. The Bertz CT molecular complexity index is 716. The molecule has 130 valence electrons. The molecule has 0 heterocycles. The molecule has 2 rings (SSSR count). The van der Waals surface area contributed by atoms with Crippen LogP contribution in [0.25, 0.3) is 12.2 Å². The Balaban J connectivity index is 0.000000251. The molecule has 0 fully saturated rings. The summed E-state index contributed by atoms with van der Waals surface area (Å²) in [5.41, 5.74) is 1.83. The highest BCUT2D eigenvalue weighted by Gasteiger charge is 1.92. The predicted molar refractivity (Wildman–Crippen MR) is 96.6 cm³/mol. The van der Waals surface area contributed by atoms with E-state index >= 15 is 0 Å². The first kappa shape index (κ1) is 19.7. The van der Waals surface area contributed by atoms with E-state index in [0.29, 0.717) is 0 Å². The van der Waals surface area contributed by atoms with Crippen molar-refractivity contribution in [1.29, 1.82) is 0 Å². The lowest BCUT2D eigenvalue weighted by molar-refractivity contribution is -0.135. The second-order valence-electron chi connectivity index (χ2n) is 4.72. The van der Waals surface area contributed by atoms with Crippen molar-refractivity contribution in [2.45, 2.75) is 0 Å². The molecule has 0 saturated heterocycles. The van der Waals surface area contributed by atoms with Gasteiger partial charge in [-0.3, -0.25) is 0 Å². The predicted octanol–water partition coefficient (Wildman–Crippen LogP) is 3.45. The summed E-state index contributed by atoms with van der Waals surface area (Å²) in [7, 11) is 2.68. The van der Waals surface area contributed by atoms with Crippen molar-refractivity contribution in [3.05, 3.63) is 77.9 Å². The van der Waals surface area contributed by atoms with E-state index in [1.54, 1.807) is 36.4 Å². The maximum atomic E-state index is 10.7. The maximum absolute atomic E-state index is 10.7. The molecular formula is C20H20O5. The van der Waals surface area contributed by atoms with E-state index in [1.807, 2.05) is 30.3 Å². The van der Waals surface area contributed by atoms with Gasteiger partial charge in [-0.2, -0.15) is 0 Å². The number of methoxy groups -OCH3 is 2. The van der Waals surface area contributed by atoms with E-state index in [0.717, 1.165) is 11.1 Å². The van der Waals surface area contributed by atoms with Crippen LogP contribution in [0.5, 0.6) is 5.75 Å². The summed E-state index contributed by atoms with van der Waals surface area (Å²) in [4.78, 5) is 21.4. The summed E-state index contributed by atoms with van der Waals surface area (Å²) >= 11 is 0. The van der Waals surface area contributed by atoms with Crippen molar-refractivity contribution in [3.8, 4) is 5.75 Å². The van der Waals surface area contributed by atoms with E-state index in [2.05, 4.69) is 9.47 Å². The number of phenolic OH excluding ortho intramolecular Hbond substituents is 1. The summed E-state index contributed by atoms with van der Waals surface area (Å²) in [6.45, 7) is 0. The summed E-state index contributed by atoms with van der Waals surface area (Å²) in [5.74, 6) is -0.526. The van der Waals surface area contributed by atoms with Crippen LogP contribution in [0.1, 0.15) is 11.1 Å². The van der Waals surface area contributed by atoms with Gasteiger partial charge in [0.05, 0.1) is 14.2 Å². The van der Waals surface area contributed by atoms with Crippen LogP contribution in [0, 0.1) is 0 Å². The van der Waals surface area contributed by atoms with Crippen LogP contribution in [-0.2, 0) is 19.1 Å². The Morgan fingerprint density at radius 1 is 0.760 bits per heavy atom. The Kier molecular flexibility index (Phi) is 8.86. The fourth-order valence-electron chi connectivity index (χ4n) is 1.61. The number of carbonyl (C=O) groups is 2. The fraction of sp³-hybridized carbons (Fsp3) is 0.100. The lowest BCUT2D eigenvalue weighted by Gasteiger charge is -1.93. The molecular weight excluding hydrogens is 320 g/mol. The largest absolute Gasteiger partial charge is 0.508 e. The van der Waals surface area contributed by atoms with E-state index in [9.17, 15) is 9.59 Å². The van der Waals surface area contributed by atoms with Gasteiger partial charge in [-0.15, -0.1) is 0 Å². The highest BCUT2D eigenvalue weighted by atomic mass is 16.5. The molecule has 0 aliphatic rings. The summed E-state index contributed by atoms with van der Waals surface area (Å²) < 4.78 is 8.87. The first-order valence-corrected chi connectivity index (χ1v) is 7.41. The Hall–Kier alpha value is -3.34. The molecule has 25 heavy (non-hydrogen) atoms. The highest BCUT2D eigenvalue weighted by Crippen LogP contribution is 2.10. The number of hydrogen-bond acceptors (Lipinski definition) is 5. The second kappa shape index (κ2) is 11.2. The van der Waals surface area contributed by atoms with Gasteiger partial charge in [-0.25, -0.2) is 9.59 Å². The van der Waals surface area contributed by atoms with E-state index in [1.165, 1.54) is 26.4 Å². The van der Waals surface area contributed by atoms with Gasteiger partial charge in [-0.1, -0.05) is 42.5 Å². The molecule has 2 aromatic carbocycles. The van der Waals surface area contributed by atoms with Crippen LogP contribution in [0.15, 0.2) is 66.7 Å². The van der Waals surface area contributed by atoms with Crippen LogP contribution in [-0.4, -0.2) is 31.3 Å². The average Bonchev–Trinajstić information content (AvgIpc) is 2.66. The molecule has 5 heteroatoms. The highest BCUT2D eigenvalue weighted by molar-refractivity contribution is 5.87. The minimum Gasteiger partial charge on any atom is -0.508 e. The average molecular weight is 340 g/mol. The van der Waals surface area contributed by atoms with Crippen LogP contribution < -0.4 is 0 Å².